The van der Waals surface area contributed by atoms with E-state index in [-0.39, 0.29) is 5.78 Å². The van der Waals surface area contributed by atoms with Crippen LogP contribution < -0.4 is 5.32 Å². The Hall–Kier alpha value is -2.62. The summed E-state index contributed by atoms with van der Waals surface area (Å²) in [5.74, 6) is -0.486. The largest absolute Gasteiger partial charge is 0.481 e. The molecule has 0 amide bonds. The van der Waals surface area contributed by atoms with E-state index in [0.29, 0.717) is 6.42 Å². The number of unbranched alkanes of at least 4 members (excludes halogenated alkanes) is 14. The van der Waals surface area contributed by atoms with Gasteiger partial charge in [-0.3, -0.25) is 4.79 Å². The van der Waals surface area contributed by atoms with Crippen molar-refractivity contribution >= 4 is 23.1 Å². The van der Waals surface area contributed by atoms with Gasteiger partial charge >= 0.3 is 5.97 Å². The minimum Gasteiger partial charge on any atom is -0.481 e. The van der Waals surface area contributed by atoms with Crippen molar-refractivity contribution in [3.63, 3.8) is 0 Å². The smallest absolute Gasteiger partial charge is 0.303 e. The van der Waals surface area contributed by atoms with Crippen molar-refractivity contribution in [2.24, 2.45) is 0 Å². The van der Waals surface area contributed by atoms with Gasteiger partial charge in [-0.2, -0.15) is 0 Å². The summed E-state index contributed by atoms with van der Waals surface area (Å²) in [7, 11) is 0. The summed E-state index contributed by atoms with van der Waals surface area (Å²) in [6.07, 6.45) is 20.2. The molecule has 4 heteroatoms. The molecule has 37 heavy (non-hydrogen) atoms. The Morgan fingerprint density at radius 3 is 1.16 bits per heavy atom. The molecule has 2 aromatic carbocycles. The number of carboxylic acid groups (broad SMARTS) is 1. The minimum absolute atomic E-state index is 0.167. The summed E-state index contributed by atoms with van der Waals surface area (Å²) >= 11 is 0. The number of benzene rings is 2. The molecule has 0 aliphatic rings. The Labute approximate surface area is 227 Å². The van der Waals surface area contributed by atoms with Crippen molar-refractivity contribution in [3.05, 3.63) is 60.7 Å². The fourth-order valence-electron chi connectivity index (χ4n) is 3.86. The van der Waals surface area contributed by atoms with Gasteiger partial charge < -0.3 is 15.2 Å². The summed E-state index contributed by atoms with van der Waals surface area (Å²) in [6.45, 7) is 5.33. The van der Waals surface area contributed by atoms with E-state index in [0.717, 1.165) is 24.2 Å². The zero-order valence-electron chi connectivity index (χ0n) is 23.9. The summed E-state index contributed by atoms with van der Waals surface area (Å²) in [5, 5.41) is 11.8. The van der Waals surface area contributed by atoms with Crippen LogP contribution in [0.5, 0.6) is 0 Å². The lowest BCUT2D eigenvalue weighted by atomic mass is 10.0. The molecule has 0 unspecified atom stereocenters. The Balaban J connectivity index is 0.000000645. The van der Waals surface area contributed by atoms with Gasteiger partial charge in [-0.1, -0.05) is 133 Å². The number of hydrogen-bond acceptors (Lipinski definition) is 3. The number of carbonyl (C=O) groups is 2. The minimum atomic E-state index is -0.653. The number of nitrogens with one attached hydrogen (secondary N) is 1. The van der Waals surface area contributed by atoms with Crippen molar-refractivity contribution in [2.75, 3.05) is 5.32 Å². The third kappa shape index (κ3) is 27.8. The lowest BCUT2D eigenvalue weighted by molar-refractivity contribution is -0.137. The van der Waals surface area contributed by atoms with E-state index >= 15 is 0 Å². The first-order valence-electron chi connectivity index (χ1n) is 14.5. The van der Waals surface area contributed by atoms with Crippen LogP contribution in [0.1, 0.15) is 124 Å². The first-order valence-corrected chi connectivity index (χ1v) is 14.5. The predicted molar refractivity (Wildman–Crippen MR) is 160 cm³/mol. The average Bonchev–Trinajstić information content (AvgIpc) is 2.87. The van der Waals surface area contributed by atoms with Crippen LogP contribution in [0, 0.1) is 0 Å². The molecular formula is C33H53NO3. The number of carboxylic acids is 1. The van der Waals surface area contributed by atoms with E-state index in [1.54, 1.807) is 0 Å². The number of aliphatic carboxylic acids is 1. The fraction of sp³-hybridized carbons (Fsp3) is 0.576. The number of para-hydroxylation sites is 2. The van der Waals surface area contributed by atoms with Crippen molar-refractivity contribution in [3.8, 4) is 0 Å². The van der Waals surface area contributed by atoms with Gasteiger partial charge in [-0.05, 0) is 44.5 Å². The van der Waals surface area contributed by atoms with Gasteiger partial charge in [0, 0.05) is 17.8 Å². The highest BCUT2D eigenvalue weighted by molar-refractivity contribution is 5.72. The first-order chi connectivity index (χ1) is 18.0. The maximum Gasteiger partial charge on any atom is 0.303 e. The number of ketones is 1. The molecule has 0 bridgehead atoms. The van der Waals surface area contributed by atoms with Crippen molar-refractivity contribution in [1.82, 2.24) is 0 Å². The number of anilines is 2. The molecule has 2 N–H and O–H groups in total. The summed E-state index contributed by atoms with van der Waals surface area (Å²) < 4.78 is 0. The molecular weight excluding hydrogens is 458 g/mol. The molecule has 0 aliphatic carbocycles. The molecule has 4 nitrogen and oxygen atoms in total. The van der Waals surface area contributed by atoms with Crippen LogP contribution in [0.2, 0.25) is 0 Å². The first kappa shape index (κ1) is 34.4. The van der Waals surface area contributed by atoms with Gasteiger partial charge in [0.1, 0.15) is 5.78 Å². The van der Waals surface area contributed by atoms with Crippen LogP contribution in [-0.2, 0) is 9.59 Å². The van der Waals surface area contributed by atoms with Crippen LogP contribution in [0.15, 0.2) is 60.7 Å². The highest BCUT2D eigenvalue weighted by Gasteiger charge is 1.97. The maximum absolute atomic E-state index is 10.3. The molecule has 0 saturated carbocycles. The quantitative estimate of drug-likeness (QED) is 0.195. The molecule has 0 spiro atoms. The van der Waals surface area contributed by atoms with E-state index in [9.17, 15) is 9.59 Å². The van der Waals surface area contributed by atoms with E-state index in [1.807, 2.05) is 60.7 Å². The van der Waals surface area contributed by atoms with Crippen LogP contribution in [0.4, 0.5) is 11.4 Å². The zero-order valence-corrected chi connectivity index (χ0v) is 23.9. The van der Waals surface area contributed by atoms with E-state index in [4.69, 9.17) is 5.11 Å². The van der Waals surface area contributed by atoms with Crippen molar-refractivity contribution < 1.29 is 14.7 Å². The third-order valence-electron chi connectivity index (χ3n) is 5.83. The topological polar surface area (TPSA) is 66.4 Å². The summed E-state index contributed by atoms with van der Waals surface area (Å²) in [4.78, 5) is 19.8. The van der Waals surface area contributed by atoms with Crippen molar-refractivity contribution in [1.29, 1.82) is 0 Å². The van der Waals surface area contributed by atoms with Crippen LogP contribution in [0.3, 0.4) is 0 Å². The second-order valence-electron chi connectivity index (χ2n) is 9.86. The number of Topliss-reactive ketones (excluding diaryl/α,β-unsaturated/α-hetero) is 1. The van der Waals surface area contributed by atoms with Gasteiger partial charge in [0.05, 0.1) is 0 Å². The average molecular weight is 512 g/mol. The lowest BCUT2D eigenvalue weighted by Crippen LogP contribution is -1.93. The zero-order chi connectivity index (χ0) is 27.4. The predicted octanol–water partition coefficient (Wildman–Crippen LogP) is 10.4. The highest BCUT2D eigenvalue weighted by Crippen LogP contribution is 2.15. The molecule has 2 aromatic rings. The second kappa shape index (κ2) is 26.4. The van der Waals surface area contributed by atoms with Gasteiger partial charge in [-0.25, -0.2) is 0 Å². The Morgan fingerprint density at radius 2 is 0.865 bits per heavy atom. The molecule has 0 aliphatic heterocycles. The molecule has 0 radical (unpaired) electrons. The molecule has 0 fully saturated rings. The van der Waals surface area contributed by atoms with Crippen LogP contribution in [-0.4, -0.2) is 16.9 Å². The van der Waals surface area contributed by atoms with E-state index in [1.165, 1.54) is 97.3 Å². The van der Waals surface area contributed by atoms with E-state index < -0.39 is 5.97 Å². The highest BCUT2D eigenvalue weighted by atomic mass is 16.4. The number of carbonyl (C=O) groups excluding carboxylic acids is 1. The lowest BCUT2D eigenvalue weighted by Gasteiger charge is -2.04. The number of rotatable bonds is 18. The molecule has 0 atom stereocenters. The summed E-state index contributed by atoms with van der Waals surface area (Å²) in [5.41, 5.74) is 2.24. The van der Waals surface area contributed by atoms with Crippen molar-refractivity contribution in [2.45, 2.75) is 124 Å². The van der Waals surface area contributed by atoms with Crippen LogP contribution >= 0.6 is 0 Å². The van der Waals surface area contributed by atoms with E-state index in [2.05, 4.69) is 12.2 Å². The van der Waals surface area contributed by atoms with Gasteiger partial charge in [-0.15, -0.1) is 0 Å². The monoisotopic (exact) mass is 511 g/mol. The Kier molecular flexibility index (Phi) is 24.6. The van der Waals surface area contributed by atoms with Gasteiger partial charge in [0.15, 0.2) is 0 Å². The molecule has 208 valence electrons. The van der Waals surface area contributed by atoms with Gasteiger partial charge in [0.25, 0.3) is 0 Å². The standard InChI is InChI=1S/C18H36O2.C12H11N.C3H6O/c1-2-3-4-5-6-7-8-9-10-11-12-13-14-15-16-17-18(19)20;1-3-7-11(8-4-1)13-12-9-5-2-6-10-12;1-3(2)4/h2-17H2,1H3,(H,19,20);1-10,13H;1-2H3. The Morgan fingerprint density at radius 1 is 0.568 bits per heavy atom. The SMILES string of the molecule is CC(C)=O.CCCCCCCCCCCCCCCCCC(=O)O.c1ccc(Nc2ccccc2)cc1. The molecule has 0 heterocycles. The summed E-state index contributed by atoms with van der Waals surface area (Å²) in [6, 6.07) is 20.3. The fourth-order valence-corrected chi connectivity index (χ4v) is 3.86. The van der Waals surface area contributed by atoms with Gasteiger partial charge in [0.2, 0.25) is 0 Å². The molecule has 0 saturated heterocycles. The second-order valence-corrected chi connectivity index (χ2v) is 9.86. The number of hydrogen-bond donors (Lipinski definition) is 2. The normalized spacial score (nSPS) is 9.92. The molecule has 0 aromatic heterocycles. The third-order valence-corrected chi connectivity index (χ3v) is 5.83. The Bertz CT molecular complexity index is 720. The molecule has 2 rings (SSSR count). The van der Waals surface area contributed by atoms with Crippen LogP contribution in [0.25, 0.3) is 0 Å². The maximum atomic E-state index is 10.3.